The smallest absolute Gasteiger partial charge is 0.257 e. The molecule has 4 nitrogen and oxygen atoms in total. The zero-order chi connectivity index (χ0) is 7.52. The van der Waals surface area contributed by atoms with E-state index in [0.29, 0.717) is 6.54 Å². The lowest BCUT2D eigenvalue weighted by molar-refractivity contribution is -0.0342. The Hall–Kier alpha value is -1.45. The van der Waals surface area contributed by atoms with Gasteiger partial charge in [0.25, 0.3) is 6.29 Å². The van der Waals surface area contributed by atoms with E-state index in [0.717, 1.165) is 0 Å². The van der Waals surface area contributed by atoms with Gasteiger partial charge in [0.2, 0.25) is 0 Å². The molecule has 0 radical (unpaired) electrons. The summed E-state index contributed by atoms with van der Waals surface area (Å²) in [6, 6.07) is 0. The van der Waals surface area contributed by atoms with Crippen LogP contribution in [0.1, 0.15) is 0 Å². The van der Waals surface area contributed by atoms with Crippen molar-refractivity contribution in [1.29, 1.82) is 0 Å². The Balaban J connectivity index is 1.91. The first kappa shape index (κ1) is 6.27. The second-order valence-electron chi connectivity index (χ2n) is 2.23. The monoisotopic (exact) mass is 152 g/mol. The molecule has 0 fully saturated rings. The number of nitrogens with zero attached hydrogens (tertiary/aromatic N) is 2. The van der Waals surface area contributed by atoms with Crippen molar-refractivity contribution in [2.45, 2.75) is 12.8 Å². The summed E-state index contributed by atoms with van der Waals surface area (Å²) in [7, 11) is 0. The highest BCUT2D eigenvalue weighted by Crippen LogP contribution is 2.06. The van der Waals surface area contributed by atoms with E-state index in [1.807, 2.05) is 10.8 Å². The summed E-state index contributed by atoms with van der Waals surface area (Å²) in [5, 5.41) is 0. The highest BCUT2D eigenvalue weighted by Gasteiger charge is 2.11. The van der Waals surface area contributed by atoms with Crippen LogP contribution in [-0.4, -0.2) is 15.8 Å². The van der Waals surface area contributed by atoms with Gasteiger partial charge in [-0.1, -0.05) is 0 Å². The number of imidazole rings is 1. The summed E-state index contributed by atoms with van der Waals surface area (Å²) in [5.74, 6) is 0. The maximum Gasteiger partial charge on any atom is 0.257 e. The Bertz CT molecular complexity index is 235. The van der Waals surface area contributed by atoms with Crippen LogP contribution in [0.15, 0.2) is 31.2 Å². The van der Waals surface area contributed by atoms with Crippen LogP contribution in [0, 0.1) is 0 Å². The molecule has 0 saturated carbocycles. The van der Waals surface area contributed by atoms with Gasteiger partial charge < -0.3 is 14.0 Å². The predicted octanol–water partition coefficient (Wildman–Crippen LogP) is 0.727. The number of ether oxygens (including phenoxy) is 2. The van der Waals surface area contributed by atoms with Crippen molar-refractivity contribution < 1.29 is 9.47 Å². The van der Waals surface area contributed by atoms with Crippen LogP contribution in [-0.2, 0) is 16.0 Å². The Morgan fingerprint density at radius 2 is 2.18 bits per heavy atom. The predicted molar refractivity (Wildman–Crippen MR) is 37.3 cm³/mol. The topological polar surface area (TPSA) is 36.3 Å². The highest BCUT2D eigenvalue weighted by molar-refractivity contribution is 4.77. The normalized spacial score (nSPS) is 16.4. The summed E-state index contributed by atoms with van der Waals surface area (Å²) < 4.78 is 12.1. The summed E-state index contributed by atoms with van der Waals surface area (Å²) in [6.07, 6.45) is 8.21. The molecule has 1 aliphatic heterocycles. The standard InChI is InChI=1S/C7H8N2O2/c1-2-9(6-8-1)5-7-10-3-4-11-7/h1-4,6-7H,5H2. The van der Waals surface area contributed by atoms with Crippen molar-refractivity contribution in [3.05, 3.63) is 31.2 Å². The Morgan fingerprint density at radius 3 is 2.82 bits per heavy atom. The largest absolute Gasteiger partial charge is 0.457 e. The fraction of sp³-hybridized carbons (Fsp3) is 0.286. The van der Waals surface area contributed by atoms with Crippen LogP contribution < -0.4 is 0 Å². The SMILES string of the molecule is C1=COC(Cn2ccnc2)O1. The average molecular weight is 152 g/mol. The molecule has 0 bridgehead atoms. The third-order valence-corrected chi connectivity index (χ3v) is 1.44. The van der Waals surface area contributed by atoms with E-state index in [1.165, 1.54) is 0 Å². The molecule has 4 heteroatoms. The third-order valence-electron chi connectivity index (χ3n) is 1.44. The zero-order valence-electron chi connectivity index (χ0n) is 5.88. The second kappa shape index (κ2) is 2.65. The van der Waals surface area contributed by atoms with Crippen molar-refractivity contribution in [2.24, 2.45) is 0 Å². The van der Waals surface area contributed by atoms with Crippen molar-refractivity contribution in [1.82, 2.24) is 9.55 Å². The molecule has 2 rings (SSSR count). The van der Waals surface area contributed by atoms with Gasteiger partial charge in [-0.15, -0.1) is 0 Å². The molecular formula is C7H8N2O2. The molecule has 0 N–H and O–H groups in total. The number of aromatic nitrogens is 2. The van der Waals surface area contributed by atoms with Crippen molar-refractivity contribution in [3.8, 4) is 0 Å². The summed E-state index contributed by atoms with van der Waals surface area (Å²) in [6.45, 7) is 0.674. The fourth-order valence-electron chi connectivity index (χ4n) is 0.924. The van der Waals surface area contributed by atoms with E-state index < -0.39 is 0 Å². The van der Waals surface area contributed by atoms with Crippen LogP contribution in [0.4, 0.5) is 0 Å². The van der Waals surface area contributed by atoms with Gasteiger partial charge in [0.1, 0.15) is 12.5 Å². The van der Waals surface area contributed by atoms with Crippen molar-refractivity contribution in [2.75, 3.05) is 0 Å². The molecular weight excluding hydrogens is 144 g/mol. The quantitative estimate of drug-likeness (QED) is 0.626. The molecule has 0 atom stereocenters. The minimum atomic E-state index is -0.191. The van der Waals surface area contributed by atoms with E-state index in [2.05, 4.69) is 4.98 Å². The molecule has 0 amide bonds. The highest BCUT2D eigenvalue weighted by atomic mass is 16.7. The van der Waals surface area contributed by atoms with Gasteiger partial charge in [0, 0.05) is 12.4 Å². The number of hydrogen-bond donors (Lipinski definition) is 0. The van der Waals surface area contributed by atoms with Crippen molar-refractivity contribution >= 4 is 0 Å². The molecule has 58 valence electrons. The minimum Gasteiger partial charge on any atom is -0.457 e. The first-order valence-corrected chi connectivity index (χ1v) is 3.37. The molecule has 2 heterocycles. The third kappa shape index (κ3) is 1.34. The van der Waals surface area contributed by atoms with Gasteiger partial charge in [-0.25, -0.2) is 4.98 Å². The molecule has 0 spiro atoms. The van der Waals surface area contributed by atoms with Crippen LogP contribution >= 0.6 is 0 Å². The average Bonchev–Trinajstić information content (AvgIpc) is 2.60. The fourth-order valence-corrected chi connectivity index (χ4v) is 0.924. The van der Waals surface area contributed by atoms with E-state index in [-0.39, 0.29) is 6.29 Å². The van der Waals surface area contributed by atoms with Gasteiger partial charge in [-0.3, -0.25) is 0 Å². The van der Waals surface area contributed by atoms with Crippen LogP contribution in [0.3, 0.4) is 0 Å². The Kier molecular flexibility index (Phi) is 1.51. The lowest BCUT2D eigenvalue weighted by atomic mass is 10.6. The Labute approximate surface area is 64.1 Å². The molecule has 1 aliphatic rings. The summed E-state index contributed by atoms with van der Waals surface area (Å²) in [5.41, 5.74) is 0. The summed E-state index contributed by atoms with van der Waals surface area (Å²) >= 11 is 0. The second-order valence-corrected chi connectivity index (χ2v) is 2.23. The lowest BCUT2D eigenvalue weighted by Gasteiger charge is -2.09. The van der Waals surface area contributed by atoms with E-state index >= 15 is 0 Å². The first-order valence-electron chi connectivity index (χ1n) is 3.37. The van der Waals surface area contributed by atoms with Crippen LogP contribution in [0.2, 0.25) is 0 Å². The minimum absolute atomic E-state index is 0.191. The van der Waals surface area contributed by atoms with Gasteiger partial charge >= 0.3 is 0 Å². The van der Waals surface area contributed by atoms with Gasteiger partial charge in [-0.2, -0.15) is 0 Å². The zero-order valence-corrected chi connectivity index (χ0v) is 5.88. The molecule has 11 heavy (non-hydrogen) atoms. The summed E-state index contributed by atoms with van der Waals surface area (Å²) in [4.78, 5) is 3.90. The molecule has 1 aromatic heterocycles. The van der Waals surface area contributed by atoms with Crippen LogP contribution in [0.25, 0.3) is 0 Å². The Morgan fingerprint density at radius 1 is 1.36 bits per heavy atom. The number of rotatable bonds is 2. The van der Waals surface area contributed by atoms with E-state index in [9.17, 15) is 0 Å². The van der Waals surface area contributed by atoms with Gasteiger partial charge in [-0.05, 0) is 0 Å². The lowest BCUT2D eigenvalue weighted by Crippen LogP contribution is -2.15. The molecule has 0 saturated heterocycles. The molecule has 0 unspecified atom stereocenters. The maximum absolute atomic E-state index is 5.07. The van der Waals surface area contributed by atoms with E-state index in [4.69, 9.17) is 9.47 Å². The van der Waals surface area contributed by atoms with Crippen LogP contribution in [0.5, 0.6) is 0 Å². The maximum atomic E-state index is 5.07. The molecule has 0 aromatic carbocycles. The van der Waals surface area contributed by atoms with Crippen molar-refractivity contribution in [3.63, 3.8) is 0 Å². The van der Waals surface area contributed by atoms with Gasteiger partial charge in [0.05, 0.1) is 12.9 Å². The van der Waals surface area contributed by atoms with E-state index in [1.54, 1.807) is 25.0 Å². The first-order chi connectivity index (χ1) is 5.45. The molecule has 1 aromatic rings. The molecule has 0 aliphatic carbocycles. The van der Waals surface area contributed by atoms with Gasteiger partial charge in [0.15, 0.2) is 0 Å². The number of hydrogen-bond acceptors (Lipinski definition) is 3.